The highest BCUT2D eigenvalue weighted by Gasteiger charge is 2.45. The summed E-state index contributed by atoms with van der Waals surface area (Å²) in [7, 11) is 0. The predicted octanol–water partition coefficient (Wildman–Crippen LogP) is 12.1. The van der Waals surface area contributed by atoms with E-state index in [1.165, 1.54) is 184 Å². The summed E-state index contributed by atoms with van der Waals surface area (Å²) in [6, 6.07) is 31.2. The molecular formula is C54H61BN2. The molecule has 0 amide bonds. The number of anilines is 6. The molecular weight excluding hydrogens is 687 g/mol. The summed E-state index contributed by atoms with van der Waals surface area (Å²) in [6.45, 7) is 7.47. The van der Waals surface area contributed by atoms with Crippen LogP contribution in [0.5, 0.6) is 0 Å². The van der Waals surface area contributed by atoms with E-state index in [2.05, 4.69) is 103 Å². The second-order valence-electron chi connectivity index (χ2n) is 19.8. The molecule has 0 atom stereocenters. The third-order valence-electron chi connectivity index (χ3n) is 15.0. The summed E-state index contributed by atoms with van der Waals surface area (Å²) >= 11 is 0. The highest BCUT2D eigenvalue weighted by Crippen LogP contribution is 2.48. The van der Waals surface area contributed by atoms with Gasteiger partial charge < -0.3 is 9.80 Å². The van der Waals surface area contributed by atoms with Gasteiger partial charge in [-0.15, -0.1) is 0 Å². The van der Waals surface area contributed by atoms with Crippen molar-refractivity contribution in [3.63, 3.8) is 0 Å². The van der Waals surface area contributed by atoms with Crippen LogP contribution in [0.15, 0.2) is 72.8 Å². The van der Waals surface area contributed by atoms with E-state index in [9.17, 15) is 0 Å². The van der Waals surface area contributed by atoms with Gasteiger partial charge in [-0.05, 0) is 223 Å². The van der Waals surface area contributed by atoms with Gasteiger partial charge in [-0.25, -0.2) is 0 Å². The molecule has 2 aliphatic heterocycles. The molecule has 2 nitrogen and oxygen atoms in total. The molecule has 4 aliphatic carbocycles. The third-order valence-corrected chi connectivity index (χ3v) is 15.0. The molecule has 11 rings (SSSR count). The maximum atomic E-state index is 2.75. The van der Waals surface area contributed by atoms with Crippen molar-refractivity contribution in [2.45, 2.75) is 155 Å². The second-order valence-corrected chi connectivity index (χ2v) is 19.8. The molecule has 3 heteroatoms. The van der Waals surface area contributed by atoms with Gasteiger partial charge in [0.05, 0.1) is 0 Å². The van der Waals surface area contributed by atoms with Crippen LogP contribution in [-0.2, 0) is 56.8 Å². The molecule has 0 bridgehead atoms. The van der Waals surface area contributed by atoms with Gasteiger partial charge in [-0.1, -0.05) is 70.7 Å². The smallest absolute Gasteiger partial charge is 0.252 e. The summed E-state index contributed by atoms with van der Waals surface area (Å²) < 4.78 is 0. The maximum Gasteiger partial charge on any atom is 0.252 e. The van der Waals surface area contributed by atoms with Crippen LogP contribution in [0, 0.1) is 0 Å². The van der Waals surface area contributed by atoms with Crippen molar-refractivity contribution >= 4 is 57.2 Å². The average Bonchev–Trinajstić information content (AvgIpc) is 3.78. The number of rotatable bonds is 2. The first-order chi connectivity index (χ1) is 27.9. The zero-order chi connectivity index (χ0) is 38.3. The molecule has 57 heavy (non-hydrogen) atoms. The van der Waals surface area contributed by atoms with Gasteiger partial charge in [0.15, 0.2) is 0 Å². The van der Waals surface area contributed by atoms with Gasteiger partial charge in [0.25, 0.3) is 6.71 Å². The van der Waals surface area contributed by atoms with Gasteiger partial charge in [-0.2, -0.15) is 0 Å². The zero-order valence-corrected chi connectivity index (χ0v) is 35.0. The number of fused-ring (bicyclic) bond motifs is 8. The molecule has 0 spiro atoms. The van der Waals surface area contributed by atoms with E-state index in [-0.39, 0.29) is 12.1 Å². The fraction of sp³-hybridized carbons (Fsp3) is 0.444. The Morgan fingerprint density at radius 3 is 1.11 bits per heavy atom. The van der Waals surface area contributed by atoms with Gasteiger partial charge in [0.2, 0.25) is 0 Å². The summed E-state index contributed by atoms with van der Waals surface area (Å²) in [6.07, 6.45) is 25.4. The first-order valence-corrected chi connectivity index (χ1v) is 23.2. The molecule has 0 unspecified atom stereocenters. The topological polar surface area (TPSA) is 6.48 Å². The monoisotopic (exact) mass is 748 g/mol. The molecule has 0 radical (unpaired) electrons. The van der Waals surface area contributed by atoms with E-state index in [1.807, 2.05) is 0 Å². The number of benzene rings is 5. The lowest BCUT2D eigenvalue weighted by Gasteiger charge is -2.46. The van der Waals surface area contributed by atoms with Gasteiger partial charge in [0.1, 0.15) is 0 Å². The predicted molar refractivity (Wildman–Crippen MR) is 244 cm³/mol. The molecule has 5 aromatic carbocycles. The van der Waals surface area contributed by atoms with Crippen LogP contribution in [0.25, 0.3) is 0 Å². The normalized spacial score (nSPS) is 18.7. The Labute approximate surface area is 343 Å². The van der Waals surface area contributed by atoms with Gasteiger partial charge >= 0.3 is 0 Å². The average molecular weight is 749 g/mol. The van der Waals surface area contributed by atoms with Crippen molar-refractivity contribution in [1.29, 1.82) is 0 Å². The van der Waals surface area contributed by atoms with Gasteiger partial charge in [-0.3, -0.25) is 0 Å². The van der Waals surface area contributed by atoms with Crippen LogP contribution in [-0.4, -0.2) is 6.71 Å². The molecule has 5 aromatic rings. The first kappa shape index (κ1) is 35.9. The second kappa shape index (κ2) is 14.2. The van der Waals surface area contributed by atoms with Crippen LogP contribution >= 0.6 is 0 Å². The molecule has 2 heterocycles. The highest BCUT2D eigenvalue weighted by atomic mass is 15.2. The standard InChI is InChI=1S/C54H61BN2/c1-54(2,3)44-34-51-53-52(35-44)57(46-27-25-37-17-9-5-11-19-39(37)29-46)50-33-43-23-15-7-13-21-41(43)31-48(50)55(53)47-30-40-20-12-6-14-22-42(40)32-49(47)56(51)45-26-24-36-16-8-4-10-18-38(36)28-45/h24-35H,4-23H2,1-3H3. The summed E-state index contributed by atoms with van der Waals surface area (Å²) in [4.78, 5) is 5.50. The minimum atomic E-state index is -0.0119. The first-order valence-electron chi connectivity index (χ1n) is 23.2. The minimum Gasteiger partial charge on any atom is -0.311 e. The van der Waals surface area contributed by atoms with Crippen LogP contribution in [0.4, 0.5) is 34.1 Å². The Kier molecular flexibility index (Phi) is 8.97. The van der Waals surface area contributed by atoms with Crippen molar-refractivity contribution in [1.82, 2.24) is 0 Å². The minimum absolute atomic E-state index is 0.0119. The van der Waals surface area contributed by atoms with Crippen molar-refractivity contribution in [2.24, 2.45) is 0 Å². The summed E-state index contributed by atoms with van der Waals surface area (Å²) in [5, 5.41) is 0. The summed E-state index contributed by atoms with van der Waals surface area (Å²) in [5.74, 6) is 0. The fourth-order valence-corrected chi connectivity index (χ4v) is 11.9. The van der Waals surface area contributed by atoms with Crippen molar-refractivity contribution in [3.8, 4) is 0 Å². The Hall–Kier alpha value is -4.24. The number of aryl methyl sites for hydroxylation is 8. The molecule has 0 aromatic heterocycles. The van der Waals surface area contributed by atoms with E-state index < -0.39 is 0 Å². The van der Waals surface area contributed by atoms with E-state index in [0.717, 1.165) is 0 Å². The Morgan fingerprint density at radius 2 is 0.719 bits per heavy atom. The molecule has 0 fully saturated rings. The van der Waals surface area contributed by atoms with Crippen molar-refractivity contribution in [2.75, 3.05) is 9.80 Å². The lowest BCUT2D eigenvalue weighted by molar-refractivity contribution is 0.590. The van der Waals surface area contributed by atoms with Crippen molar-refractivity contribution < 1.29 is 0 Å². The molecule has 0 saturated heterocycles. The number of hydrogen-bond donors (Lipinski definition) is 0. The Balaban J connectivity index is 1.23. The van der Waals surface area contributed by atoms with E-state index in [1.54, 1.807) is 44.5 Å². The Morgan fingerprint density at radius 1 is 0.368 bits per heavy atom. The molecule has 0 N–H and O–H groups in total. The molecule has 290 valence electrons. The summed E-state index contributed by atoms with van der Waals surface area (Å²) in [5.41, 5.74) is 27.0. The lowest BCUT2D eigenvalue weighted by Crippen LogP contribution is -2.61. The van der Waals surface area contributed by atoms with E-state index >= 15 is 0 Å². The van der Waals surface area contributed by atoms with Crippen molar-refractivity contribution in [3.05, 3.63) is 123 Å². The van der Waals surface area contributed by atoms with E-state index in [4.69, 9.17) is 0 Å². The molecule has 0 saturated carbocycles. The van der Waals surface area contributed by atoms with Crippen LogP contribution < -0.4 is 26.2 Å². The maximum absolute atomic E-state index is 2.75. The van der Waals surface area contributed by atoms with Gasteiger partial charge in [0, 0.05) is 34.1 Å². The lowest BCUT2D eigenvalue weighted by atomic mass is 9.33. The van der Waals surface area contributed by atoms with E-state index in [0.29, 0.717) is 0 Å². The fourth-order valence-electron chi connectivity index (χ4n) is 11.9. The van der Waals surface area contributed by atoms with Crippen LogP contribution in [0.1, 0.15) is 148 Å². The largest absolute Gasteiger partial charge is 0.311 e. The Bertz CT molecular complexity index is 2240. The highest BCUT2D eigenvalue weighted by molar-refractivity contribution is 7.00. The quantitative estimate of drug-likeness (QED) is 0.128. The molecule has 6 aliphatic rings. The van der Waals surface area contributed by atoms with Crippen LogP contribution in [0.3, 0.4) is 0 Å². The number of hydrogen-bond acceptors (Lipinski definition) is 2. The zero-order valence-electron chi connectivity index (χ0n) is 35.0. The third kappa shape index (κ3) is 6.20. The SMILES string of the molecule is CC(C)(C)c1cc2c3c(c1)N(c1ccc4c(c1)CCCCC4)c1cc4c(cc1B3c1cc3c(cc1N2c1ccc2c(c1)CCCCC2)CCCCC3)CCCCC4. The number of nitrogens with zero attached hydrogens (tertiary/aromatic N) is 2. The van der Waals surface area contributed by atoms with Crippen LogP contribution in [0.2, 0.25) is 0 Å².